The molecule has 0 fully saturated rings. The van der Waals surface area contributed by atoms with Crippen LogP contribution in [0.4, 0.5) is 0 Å². The number of halogens is 1. The first-order valence-electron chi connectivity index (χ1n) is 5.07. The van der Waals surface area contributed by atoms with Crippen molar-refractivity contribution in [3.05, 3.63) is 16.0 Å². The Morgan fingerprint density at radius 3 is 2.72 bits per heavy atom. The molecule has 1 heterocycles. The van der Waals surface area contributed by atoms with E-state index in [0.29, 0.717) is 16.3 Å². The third-order valence-electron chi connectivity index (χ3n) is 2.28. The summed E-state index contributed by atoms with van der Waals surface area (Å²) in [6, 6.07) is 0.732. The zero-order chi connectivity index (χ0) is 13.9. The fraction of sp³-hybridized carbons (Fsp3) is 0.444. The Morgan fingerprint density at radius 2 is 2.33 bits per heavy atom. The van der Waals surface area contributed by atoms with E-state index in [0.717, 1.165) is 11.3 Å². The Hall–Kier alpha value is -0.830. The zero-order valence-corrected chi connectivity index (χ0v) is 12.2. The number of nitrogens with two attached hydrogens (primary N) is 1. The molecular weight excluding hydrogens is 298 g/mol. The maximum Gasteiger partial charge on any atom is 0.250 e. The van der Waals surface area contributed by atoms with Crippen LogP contribution < -0.4 is 10.5 Å². The molecule has 0 spiro atoms. The predicted molar refractivity (Wildman–Crippen MR) is 71.9 cm³/mol. The van der Waals surface area contributed by atoms with E-state index in [1.807, 2.05) is 0 Å². The molecular formula is C9H14ClN3O3S2. The molecule has 0 aliphatic heterocycles. The van der Waals surface area contributed by atoms with Gasteiger partial charge < -0.3 is 10.9 Å². The maximum absolute atomic E-state index is 12.0. The smallest absolute Gasteiger partial charge is 0.250 e. The van der Waals surface area contributed by atoms with Gasteiger partial charge >= 0.3 is 0 Å². The van der Waals surface area contributed by atoms with Crippen molar-refractivity contribution < 1.29 is 13.6 Å². The highest BCUT2D eigenvalue weighted by Gasteiger charge is 2.24. The number of sulfonamides is 1. The summed E-state index contributed by atoms with van der Waals surface area (Å²) >= 11 is 6.80. The molecule has 0 saturated carbocycles. The highest BCUT2D eigenvalue weighted by atomic mass is 35.5. The quantitative estimate of drug-likeness (QED) is 0.332. The van der Waals surface area contributed by atoms with Crippen molar-refractivity contribution in [2.75, 3.05) is 0 Å². The van der Waals surface area contributed by atoms with Gasteiger partial charge in [0.2, 0.25) is 0 Å². The van der Waals surface area contributed by atoms with Crippen LogP contribution >= 0.6 is 22.9 Å². The summed E-state index contributed by atoms with van der Waals surface area (Å²) < 4.78 is 27.0. The second-order valence-corrected chi connectivity index (χ2v) is 7.22. The predicted octanol–water partition coefficient (Wildman–Crippen LogP) is 1.51. The first-order chi connectivity index (χ1) is 8.31. The molecule has 4 N–H and O–H groups in total. The summed E-state index contributed by atoms with van der Waals surface area (Å²) in [5.41, 5.74) is 6.09. The highest BCUT2D eigenvalue weighted by molar-refractivity contribution is 7.91. The molecule has 0 bridgehead atoms. The van der Waals surface area contributed by atoms with Gasteiger partial charge in [0.05, 0.1) is 10.4 Å². The van der Waals surface area contributed by atoms with Gasteiger partial charge in [0.15, 0.2) is 5.84 Å². The molecule has 18 heavy (non-hydrogen) atoms. The standard InChI is InChI=1S/C9H14ClN3O3S2/c1-3-6(9(11)12-14)13-18(15,16)7-4-5(2)8(10)17-7/h4,6,13-14H,3H2,1-2H3,(H2,11,12). The third-order valence-corrected chi connectivity index (χ3v) is 5.78. The number of oxime groups is 1. The lowest BCUT2D eigenvalue weighted by atomic mass is 10.2. The van der Waals surface area contributed by atoms with Crippen LogP contribution in [0.15, 0.2) is 15.4 Å². The molecule has 9 heteroatoms. The lowest BCUT2D eigenvalue weighted by Gasteiger charge is -2.14. The number of amidine groups is 1. The normalized spacial score (nSPS) is 14.7. The summed E-state index contributed by atoms with van der Waals surface area (Å²) in [5.74, 6) is -0.180. The Kier molecular flexibility index (Phi) is 4.97. The summed E-state index contributed by atoms with van der Waals surface area (Å²) in [4.78, 5) is 0. The Balaban J connectivity index is 3.01. The second-order valence-electron chi connectivity index (χ2n) is 3.63. The first kappa shape index (κ1) is 15.2. The van der Waals surface area contributed by atoms with Crippen molar-refractivity contribution in [3.63, 3.8) is 0 Å². The van der Waals surface area contributed by atoms with Crippen molar-refractivity contribution >= 4 is 38.8 Å². The molecule has 1 unspecified atom stereocenters. The van der Waals surface area contributed by atoms with Crippen LogP contribution in [0.1, 0.15) is 18.9 Å². The molecule has 1 aromatic rings. The summed E-state index contributed by atoms with van der Waals surface area (Å²) in [7, 11) is -3.72. The zero-order valence-electron chi connectivity index (χ0n) is 9.84. The molecule has 0 aliphatic rings. The van der Waals surface area contributed by atoms with Gasteiger partial charge in [0.1, 0.15) is 4.21 Å². The lowest BCUT2D eigenvalue weighted by Crippen LogP contribution is -2.43. The molecule has 0 radical (unpaired) electrons. The first-order valence-corrected chi connectivity index (χ1v) is 7.75. The second kappa shape index (κ2) is 5.87. The number of hydrogen-bond donors (Lipinski definition) is 3. The van der Waals surface area contributed by atoms with E-state index < -0.39 is 16.1 Å². The summed E-state index contributed by atoms with van der Waals surface area (Å²) in [6.07, 6.45) is 0.368. The highest BCUT2D eigenvalue weighted by Crippen LogP contribution is 2.30. The Labute approximate surface area is 114 Å². The van der Waals surface area contributed by atoms with Crippen LogP contribution in [-0.2, 0) is 10.0 Å². The lowest BCUT2D eigenvalue weighted by molar-refractivity contribution is 0.315. The molecule has 0 saturated heterocycles. The van der Waals surface area contributed by atoms with Crippen LogP contribution in [0.25, 0.3) is 0 Å². The summed E-state index contributed by atoms with van der Waals surface area (Å²) in [5, 5.41) is 11.4. The minimum absolute atomic E-state index is 0.106. The molecule has 6 nitrogen and oxygen atoms in total. The van der Waals surface area contributed by atoms with E-state index in [9.17, 15) is 8.42 Å². The number of nitrogens with zero attached hydrogens (tertiary/aromatic N) is 1. The van der Waals surface area contributed by atoms with Crippen molar-refractivity contribution in [2.45, 2.75) is 30.5 Å². The maximum atomic E-state index is 12.0. The molecule has 0 amide bonds. The molecule has 1 rings (SSSR count). The van der Waals surface area contributed by atoms with Gasteiger partial charge in [-0.15, -0.1) is 11.3 Å². The van der Waals surface area contributed by atoms with E-state index in [-0.39, 0.29) is 10.0 Å². The van der Waals surface area contributed by atoms with E-state index in [1.54, 1.807) is 13.8 Å². The average Bonchev–Trinajstić information content (AvgIpc) is 2.66. The molecule has 1 aromatic heterocycles. The topological polar surface area (TPSA) is 105 Å². The van der Waals surface area contributed by atoms with Crippen LogP contribution in [0.2, 0.25) is 4.34 Å². The van der Waals surface area contributed by atoms with Gasteiger partial charge in [-0.05, 0) is 25.0 Å². The van der Waals surface area contributed by atoms with Crippen LogP contribution in [-0.4, -0.2) is 25.5 Å². The third kappa shape index (κ3) is 3.35. The minimum atomic E-state index is -3.72. The fourth-order valence-corrected chi connectivity index (χ4v) is 4.25. The van der Waals surface area contributed by atoms with Gasteiger partial charge in [-0.3, -0.25) is 0 Å². The van der Waals surface area contributed by atoms with Crippen LogP contribution in [0, 0.1) is 6.92 Å². The number of aryl methyl sites for hydroxylation is 1. The monoisotopic (exact) mass is 311 g/mol. The number of thiophene rings is 1. The molecule has 1 atom stereocenters. The largest absolute Gasteiger partial charge is 0.409 e. The van der Waals surface area contributed by atoms with Crippen molar-refractivity contribution in [3.8, 4) is 0 Å². The Morgan fingerprint density at radius 1 is 1.72 bits per heavy atom. The number of rotatable bonds is 5. The van der Waals surface area contributed by atoms with Crippen LogP contribution in [0.3, 0.4) is 0 Å². The van der Waals surface area contributed by atoms with Crippen molar-refractivity contribution in [1.82, 2.24) is 4.72 Å². The van der Waals surface area contributed by atoms with E-state index in [4.69, 9.17) is 22.5 Å². The van der Waals surface area contributed by atoms with Crippen molar-refractivity contribution in [1.29, 1.82) is 0 Å². The van der Waals surface area contributed by atoms with Crippen LogP contribution in [0.5, 0.6) is 0 Å². The number of hydrogen-bond acceptors (Lipinski definition) is 5. The molecule has 102 valence electrons. The van der Waals surface area contributed by atoms with Gasteiger partial charge in [-0.1, -0.05) is 23.7 Å². The average molecular weight is 312 g/mol. The minimum Gasteiger partial charge on any atom is -0.409 e. The van der Waals surface area contributed by atoms with E-state index in [2.05, 4.69) is 9.88 Å². The van der Waals surface area contributed by atoms with Crippen molar-refractivity contribution in [2.24, 2.45) is 10.9 Å². The molecule has 0 aliphatic carbocycles. The fourth-order valence-electron chi connectivity index (χ4n) is 1.23. The van der Waals surface area contributed by atoms with Gasteiger partial charge in [-0.2, -0.15) is 4.72 Å². The van der Waals surface area contributed by atoms with Gasteiger partial charge in [0.25, 0.3) is 10.0 Å². The Bertz CT molecular complexity index is 534. The number of nitrogens with one attached hydrogen (secondary N) is 1. The molecule has 0 aromatic carbocycles. The van der Waals surface area contributed by atoms with E-state index in [1.165, 1.54) is 6.07 Å². The van der Waals surface area contributed by atoms with E-state index >= 15 is 0 Å². The SMILES string of the molecule is CCC(NS(=O)(=O)c1cc(C)c(Cl)s1)C(N)=NO. The van der Waals surface area contributed by atoms with Gasteiger partial charge in [-0.25, -0.2) is 8.42 Å². The van der Waals surface area contributed by atoms with Gasteiger partial charge in [0, 0.05) is 0 Å². The summed E-state index contributed by atoms with van der Waals surface area (Å²) in [6.45, 7) is 3.44.